The molecule has 2 aromatic rings. The molecule has 0 saturated heterocycles. The first-order valence-electron chi connectivity index (χ1n) is 7.40. The lowest BCUT2D eigenvalue weighted by Crippen LogP contribution is -2.26. The third kappa shape index (κ3) is 3.80. The smallest absolute Gasteiger partial charge is 0.0672 e. The third-order valence-corrected chi connectivity index (χ3v) is 3.64. The van der Waals surface area contributed by atoms with Gasteiger partial charge in [0.05, 0.1) is 11.4 Å². The molecule has 3 nitrogen and oxygen atoms in total. The summed E-state index contributed by atoms with van der Waals surface area (Å²) in [6.07, 6.45) is 0. The zero-order valence-corrected chi connectivity index (χ0v) is 14.2. The number of halogens is 1. The standard InChI is InChI=1S/C18H22ClN3/c1-13(2)22(16-8-6-5-7-9-16)21-14(3)17-12-15(19)10-11-18(17)20-4/h5-13,20H,1-4H3/b21-14-. The second-order valence-corrected chi connectivity index (χ2v) is 5.84. The Bertz CT molecular complexity index is 651. The summed E-state index contributed by atoms with van der Waals surface area (Å²) in [5, 5.41) is 10.7. The summed E-state index contributed by atoms with van der Waals surface area (Å²) in [5.41, 5.74) is 4.02. The molecule has 116 valence electrons. The molecule has 1 N–H and O–H groups in total. The van der Waals surface area contributed by atoms with Gasteiger partial charge in [0.25, 0.3) is 0 Å². The largest absolute Gasteiger partial charge is 0.388 e. The third-order valence-electron chi connectivity index (χ3n) is 3.41. The molecule has 0 unspecified atom stereocenters. The maximum atomic E-state index is 6.14. The Morgan fingerprint density at radius 1 is 1.14 bits per heavy atom. The molecule has 0 heterocycles. The van der Waals surface area contributed by atoms with Crippen LogP contribution in [0.5, 0.6) is 0 Å². The van der Waals surface area contributed by atoms with Crippen LogP contribution in [-0.4, -0.2) is 18.8 Å². The van der Waals surface area contributed by atoms with Crippen molar-refractivity contribution in [1.29, 1.82) is 0 Å². The molecule has 0 bridgehead atoms. The predicted octanol–water partition coefficient (Wildman–Crippen LogP) is 5.02. The van der Waals surface area contributed by atoms with Crippen LogP contribution >= 0.6 is 11.6 Å². The van der Waals surface area contributed by atoms with Gasteiger partial charge in [-0.15, -0.1) is 0 Å². The molecule has 2 aromatic carbocycles. The zero-order valence-electron chi connectivity index (χ0n) is 13.5. The van der Waals surface area contributed by atoms with Gasteiger partial charge in [0.1, 0.15) is 0 Å². The Hall–Kier alpha value is -2.00. The molecule has 0 spiro atoms. The van der Waals surface area contributed by atoms with E-state index in [0.717, 1.165) is 22.6 Å². The Morgan fingerprint density at radius 2 is 1.82 bits per heavy atom. The van der Waals surface area contributed by atoms with Crippen LogP contribution in [0.2, 0.25) is 5.02 Å². The van der Waals surface area contributed by atoms with Crippen molar-refractivity contribution in [2.75, 3.05) is 17.4 Å². The number of hydrogen-bond acceptors (Lipinski definition) is 3. The maximum absolute atomic E-state index is 6.14. The van der Waals surface area contributed by atoms with Crippen molar-refractivity contribution >= 4 is 28.7 Å². The number of anilines is 2. The van der Waals surface area contributed by atoms with Gasteiger partial charge in [-0.1, -0.05) is 29.8 Å². The molecule has 0 fully saturated rings. The zero-order chi connectivity index (χ0) is 16.1. The Labute approximate surface area is 137 Å². The van der Waals surface area contributed by atoms with E-state index >= 15 is 0 Å². The second-order valence-electron chi connectivity index (χ2n) is 5.40. The summed E-state index contributed by atoms with van der Waals surface area (Å²) in [5.74, 6) is 0. The predicted molar refractivity (Wildman–Crippen MR) is 97.3 cm³/mol. The fourth-order valence-corrected chi connectivity index (χ4v) is 2.47. The monoisotopic (exact) mass is 315 g/mol. The molecule has 0 amide bonds. The van der Waals surface area contributed by atoms with Crippen molar-refractivity contribution in [2.45, 2.75) is 26.8 Å². The molecule has 0 aromatic heterocycles. The van der Waals surface area contributed by atoms with E-state index in [0.29, 0.717) is 5.02 Å². The highest BCUT2D eigenvalue weighted by molar-refractivity contribution is 6.31. The molecule has 0 aliphatic heterocycles. The molecule has 0 aliphatic rings. The minimum Gasteiger partial charge on any atom is -0.388 e. The van der Waals surface area contributed by atoms with Crippen molar-refractivity contribution in [3.05, 3.63) is 59.1 Å². The first-order chi connectivity index (χ1) is 10.5. The van der Waals surface area contributed by atoms with E-state index < -0.39 is 0 Å². The highest BCUT2D eigenvalue weighted by Gasteiger charge is 2.12. The Balaban J connectivity index is 2.43. The van der Waals surface area contributed by atoms with E-state index in [1.54, 1.807) is 0 Å². The van der Waals surface area contributed by atoms with Gasteiger partial charge in [0, 0.05) is 29.4 Å². The lowest BCUT2D eigenvalue weighted by Gasteiger charge is -2.24. The molecule has 0 saturated carbocycles. The van der Waals surface area contributed by atoms with Crippen molar-refractivity contribution in [3.8, 4) is 0 Å². The molecule has 0 radical (unpaired) electrons. The maximum Gasteiger partial charge on any atom is 0.0672 e. The van der Waals surface area contributed by atoms with Gasteiger partial charge >= 0.3 is 0 Å². The topological polar surface area (TPSA) is 27.6 Å². The molecule has 0 aliphatic carbocycles. The SMILES string of the molecule is CNc1ccc(Cl)cc1/C(C)=N\N(c1ccccc1)C(C)C. The average molecular weight is 316 g/mol. The lowest BCUT2D eigenvalue weighted by molar-refractivity contribution is 0.713. The summed E-state index contributed by atoms with van der Waals surface area (Å²) in [6, 6.07) is 16.2. The van der Waals surface area contributed by atoms with E-state index in [9.17, 15) is 0 Å². The van der Waals surface area contributed by atoms with Crippen LogP contribution in [0.15, 0.2) is 53.6 Å². The van der Waals surface area contributed by atoms with Crippen molar-refractivity contribution in [1.82, 2.24) is 0 Å². The van der Waals surface area contributed by atoms with E-state index in [1.165, 1.54) is 0 Å². The fourth-order valence-electron chi connectivity index (χ4n) is 2.30. The molecule has 2 rings (SSSR count). The lowest BCUT2D eigenvalue weighted by atomic mass is 10.1. The Kier molecular flexibility index (Phi) is 5.45. The van der Waals surface area contributed by atoms with Crippen molar-refractivity contribution < 1.29 is 0 Å². The quantitative estimate of drug-likeness (QED) is 0.619. The summed E-state index contributed by atoms with van der Waals surface area (Å²) in [4.78, 5) is 0. The number of hydrogen-bond donors (Lipinski definition) is 1. The summed E-state index contributed by atoms with van der Waals surface area (Å²) >= 11 is 6.14. The van der Waals surface area contributed by atoms with Gasteiger partial charge in [0.15, 0.2) is 0 Å². The van der Waals surface area contributed by atoms with Crippen LogP contribution in [0.1, 0.15) is 26.3 Å². The van der Waals surface area contributed by atoms with E-state index in [-0.39, 0.29) is 6.04 Å². The number of nitrogens with one attached hydrogen (secondary N) is 1. The van der Waals surface area contributed by atoms with Gasteiger partial charge in [-0.2, -0.15) is 5.10 Å². The number of rotatable bonds is 5. The average Bonchev–Trinajstić information content (AvgIpc) is 2.52. The number of benzene rings is 2. The van der Waals surface area contributed by atoms with Crippen molar-refractivity contribution in [2.24, 2.45) is 5.10 Å². The first-order valence-corrected chi connectivity index (χ1v) is 7.78. The molecule has 0 atom stereocenters. The van der Waals surface area contributed by atoms with Crippen molar-refractivity contribution in [3.63, 3.8) is 0 Å². The first kappa shape index (κ1) is 16.4. The number of nitrogens with zero attached hydrogens (tertiary/aromatic N) is 2. The number of para-hydroxylation sites is 1. The van der Waals surface area contributed by atoms with Gasteiger partial charge in [-0.05, 0) is 51.1 Å². The summed E-state index contributed by atoms with van der Waals surface area (Å²) in [6.45, 7) is 6.26. The fraction of sp³-hybridized carbons (Fsp3) is 0.278. The van der Waals surface area contributed by atoms with Gasteiger partial charge in [-0.3, -0.25) is 5.01 Å². The van der Waals surface area contributed by atoms with E-state index in [1.807, 2.05) is 55.4 Å². The highest BCUT2D eigenvalue weighted by atomic mass is 35.5. The second kappa shape index (κ2) is 7.32. The van der Waals surface area contributed by atoms with Crippen LogP contribution in [0, 0.1) is 0 Å². The summed E-state index contributed by atoms with van der Waals surface area (Å²) in [7, 11) is 1.90. The molecule has 22 heavy (non-hydrogen) atoms. The van der Waals surface area contributed by atoms with Crippen LogP contribution in [0.4, 0.5) is 11.4 Å². The minimum absolute atomic E-state index is 0.259. The molecule has 4 heteroatoms. The van der Waals surface area contributed by atoms with Gasteiger partial charge in [-0.25, -0.2) is 0 Å². The molecular formula is C18H22ClN3. The van der Waals surface area contributed by atoms with E-state index in [4.69, 9.17) is 16.7 Å². The van der Waals surface area contributed by atoms with Crippen LogP contribution in [-0.2, 0) is 0 Å². The van der Waals surface area contributed by atoms with Gasteiger partial charge in [0.2, 0.25) is 0 Å². The normalized spacial score (nSPS) is 11.6. The molecular weight excluding hydrogens is 294 g/mol. The number of hydrazone groups is 1. The highest BCUT2D eigenvalue weighted by Crippen LogP contribution is 2.23. The van der Waals surface area contributed by atoms with E-state index in [2.05, 4.69) is 31.3 Å². The van der Waals surface area contributed by atoms with Crippen LogP contribution in [0.25, 0.3) is 0 Å². The minimum atomic E-state index is 0.259. The Morgan fingerprint density at radius 3 is 2.41 bits per heavy atom. The summed E-state index contributed by atoms with van der Waals surface area (Å²) < 4.78 is 0. The van der Waals surface area contributed by atoms with Gasteiger partial charge < -0.3 is 5.32 Å². The van der Waals surface area contributed by atoms with Crippen LogP contribution in [0.3, 0.4) is 0 Å². The van der Waals surface area contributed by atoms with Crippen LogP contribution < -0.4 is 10.3 Å².